The van der Waals surface area contributed by atoms with Crippen LogP contribution in [-0.2, 0) is 6.42 Å². The molecule has 0 aliphatic carbocycles. The predicted molar refractivity (Wildman–Crippen MR) is 83.6 cm³/mol. The molecule has 0 N–H and O–H groups in total. The summed E-state index contributed by atoms with van der Waals surface area (Å²) in [7, 11) is 0. The monoisotopic (exact) mass is 297 g/mol. The number of nitrogens with zero attached hydrogens (tertiary/aromatic N) is 1. The van der Waals surface area contributed by atoms with Crippen LogP contribution in [-0.4, -0.2) is 12.5 Å². The van der Waals surface area contributed by atoms with Gasteiger partial charge < -0.3 is 4.90 Å². The molecule has 1 amide bonds. The number of hydrogen-bond acceptors (Lipinski definition) is 2. The molecule has 0 saturated carbocycles. The lowest BCUT2D eigenvalue weighted by Crippen LogP contribution is -2.28. The number of carbonyl (C=O) groups is 1. The van der Waals surface area contributed by atoms with Crippen LogP contribution in [0.4, 0.5) is 10.1 Å². The Morgan fingerprint density at radius 3 is 2.86 bits per heavy atom. The molecule has 0 saturated heterocycles. The van der Waals surface area contributed by atoms with Gasteiger partial charge in [-0.05, 0) is 36.2 Å². The molecule has 1 aromatic heterocycles. The maximum absolute atomic E-state index is 13.8. The summed E-state index contributed by atoms with van der Waals surface area (Å²) in [6.45, 7) is 0.689. The van der Waals surface area contributed by atoms with Crippen LogP contribution in [0.25, 0.3) is 10.1 Å². The summed E-state index contributed by atoms with van der Waals surface area (Å²) in [6, 6.07) is 14.6. The topological polar surface area (TPSA) is 20.3 Å². The lowest BCUT2D eigenvalue weighted by atomic mass is 10.2. The van der Waals surface area contributed by atoms with Gasteiger partial charge in [-0.15, -0.1) is 11.3 Å². The number of halogens is 1. The third-order valence-corrected chi connectivity index (χ3v) is 4.94. The van der Waals surface area contributed by atoms with Gasteiger partial charge in [0, 0.05) is 22.3 Å². The number of rotatable bonds is 1. The van der Waals surface area contributed by atoms with E-state index in [0.717, 1.165) is 16.8 Å². The van der Waals surface area contributed by atoms with Crippen molar-refractivity contribution in [3.8, 4) is 0 Å². The largest absolute Gasteiger partial charge is 0.307 e. The predicted octanol–water partition coefficient (Wildman–Crippen LogP) is 4.24. The molecule has 0 radical (unpaired) electrons. The fourth-order valence-corrected chi connectivity index (χ4v) is 3.84. The molecule has 104 valence electrons. The van der Waals surface area contributed by atoms with Crippen LogP contribution in [0.5, 0.6) is 0 Å². The van der Waals surface area contributed by atoms with Gasteiger partial charge >= 0.3 is 0 Å². The number of amides is 1. The number of hydrogen-bond donors (Lipinski definition) is 0. The Hall–Kier alpha value is -2.20. The number of carbonyl (C=O) groups excluding carboxylic acids is 1. The minimum atomic E-state index is -0.273. The average molecular weight is 297 g/mol. The fourth-order valence-electron chi connectivity index (χ4n) is 2.81. The first kappa shape index (κ1) is 12.5. The molecule has 0 bridgehead atoms. The molecule has 2 nitrogen and oxygen atoms in total. The molecular formula is C17H12FNOS. The molecule has 0 spiro atoms. The van der Waals surface area contributed by atoms with Crippen molar-refractivity contribution in [1.82, 2.24) is 0 Å². The quantitative estimate of drug-likeness (QED) is 0.658. The summed E-state index contributed by atoms with van der Waals surface area (Å²) < 4.78 is 14.6. The van der Waals surface area contributed by atoms with Crippen LogP contribution in [0.2, 0.25) is 0 Å². The summed E-state index contributed by atoms with van der Waals surface area (Å²) in [5.41, 5.74) is 2.17. The Labute approximate surface area is 125 Å². The smallest absolute Gasteiger partial charge is 0.268 e. The van der Waals surface area contributed by atoms with Crippen molar-refractivity contribution in [1.29, 1.82) is 0 Å². The van der Waals surface area contributed by atoms with Gasteiger partial charge in [0.05, 0.1) is 4.88 Å². The van der Waals surface area contributed by atoms with Gasteiger partial charge in [-0.2, -0.15) is 0 Å². The number of fused-ring (bicyclic) bond motifs is 2. The number of anilines is 1. The molecule has 0 unspecified atom stereocenters. The highest BCUT2D eigenvalue weighted by Crippen LogP contribution is 2.33. The van der Waals surface area contributed by atoms with Crippen molar-refractivity contribution in [3.63, 3.8) is 0 Å². The van der Waals surface area contributed by atoms with Crippen molar-refractivity contribution in [3.05, 3.63) is 64.8 Å². The second-order valence-corrected chi connectivity index (χ2v) is 6.18. The Balaban J connectivity index is 1.76. The lowest BCUT2D eigenvalue weighted by Gasteiger charge is -2.15. The Kier molecular flexibility index (Phi) is 2.79. The van der Waals surface area contributed by atoms with Crippen LogP contribution >= 0.6 is 11.3 Å². The van der Waals surface area contributed by atoms with Crippen LogP contribution in [0, 0.1) is 5.82 Å². The Morgan fingerprint density at radius 1 is 1.14 bits per heavy atom. The Bertz CT molecular complexity index is 855. The van der Waals surface area contributed by atoms with Gasteiger partial charge in [0.15, 0.2) is 0 Å². The van der Waals surface area contributed by atoms with E-state index < -0.39 is 0 Å². The maximum atomic E-state index is 13.8. The lowest BCUT2D eigenvalue weighted by molar-refractivity contribution is 0.0993. The van der Waals surface area contributed by atoms with Gasteiger partial charge in [-0.1, -0.05) is 24.3 Å². The van der Waals surface area contributed by atoms with E-state index in [4.69, 9.17) is 0 Å². The van der Waals surface area contributed by atoms with Gasteiger partial charge in [0.2, 0.25) is 0 Å². The van der Waals surface area contributed by atoms with E-state index in [0.29, 0.717) is 16.8 Å². The molecule has 1 aliphatic heterocycles. The molecule has 2 heterocycles. The van der Waals surface area contributed by atoms with Crippen LogP contribution in [0.3, 0.4) is 0 Å². The standard InChI is InChI=1S/C17H12FNOS/c18-13-5-3-7-15-12(13)10-16(21-15)17(20)19-9-8-11-4-1-2-6-14(11)19/h1-7,10H,8-9H2. The summed E-state index contributed by atoms with van der Waals surface area (Å²) in [4.78, 5) is 15.1. The number of para-hydroxylation sites is 1. The van der Waals surface area contributed by atoms with E-state index in [9.17, 15) is 9.18 Å². The molecule has 3 aromatic rings. The van der Waals surface area contributed by atoms with Gasteiger partial charge in [0.25, 0.3) is 5.91 Å². The number of thiophene rings is 1. The van der Waals surface area contributed by atoms with E-state index in [1.807, 2.05) is 30.3 Å². The summed E-state index contributed by atoms with van der Waals surface area (Å²) in [6.07, 6.45) is 0.876. The van der Waals surface area contributed by atoms with E-state index in [-0.39, 0.29) is 11.7 Å². The number of benzene rings is 2. The second kappa shape index (κ2) is 4.67. The van der Waals surface area contributed by atoms with Crippen LogP contribution < -0.4 is 4.90 Å². The van der Waals surface area contributed by atoms with Crippen molar-refractivity contribution < 1.29 is 9.18 Å². The van der Waals surface area contributed by atoms with Crippen LogP contribution in [0.1, 0.15) is 15.2 Å². The molecule has 21 heavy (non-hydrogen) atoms. The normalized spacial score (nSPS) is 13.7. The minimum Gasteiger partial charge on any atom is -0.307 e. The third kappa shape index (κ3) is 1.94. The maximum Gasteiger partial charge on any atom is 0.268 e. The highest BCUT2D eigenvalue weighted by molar-refractivity contribution is 7.20. The van der Waals surface area contributed by atoms with Crippen molar-refractivity contribution in [2.24, 2.45) is 0 Å². The van der Waals surface area contributed by atoms with Crippen molar-refractivity contribution in [2.75, 3.05) is 11.4 Å². The zero-order valence-electron chi connectivity index (χ0n) is 11.2. The van der Waals surface area contributed by atoms with E-state index in [2.05, 4.69) is 0 Å². The molecule has 1 aliphatic rings. The Morgan fingerprint density at radius 2 is 2.00 bits per heavy atom. The molecule has 0 atom stereocenters. The highest BCUT2D eigenvalue weighted by atomic mass is 32.1. The van der Waals surface area contributed by atoms with Gasteiger partial charge in [-0.25, -0.2) is 4.39 Å². The van der Waals surface area contributed by atoms with Crippen molar-refractivity contribution in [2.45, 2.75) is 6.42 Å². The molecule has 2 aromatic carbocycles. The summed E-state index contributed by atoms with van der Waals surface area (Å²) in [5, 5.41) is 0.526. The van der Waals surface area contributed by atoms with E-state index in [1.165, 1.54) is 23.0 Å². The van der Waals surface area contributed by atoms with Crippen LogP contribution in [0.15, 0.2) is 48.5 Å². The fraction of sp³-hybridized carbons (Fsp3) is 0.118. The summed E-state index contributed by atoms with van der Waals surface area (Å²) in [5.74, 6) is -0.315. The first-order chi connectivity index (χ1) is 10.2. The van der Waals surface area contributed by atoms with Gasteiger partial charge in [0.1, 0.15) is 5.82 Å². The molecule has 4 rings (SSSR count). The second-order valence-electron chi connectivity index (χ2n) is 5.10. The molecule has 4 heteroatoms. The van der Waals surface area contributed by atoms with E-state index >= 15 is 0 Å². The first-order valence-corrected chi connectivity index (χ1v) is 7.63. The SMILES string of the molecule is O=C(c1cc2c(F)cccc2s1)N1CCc2ccccc21. The zero-order valence-corrected chi connectivity index (χ0v) is 12.0. The molecular weight excluding hydrogens is 285 g/mol. The first-order valence-electron chi connectivity index (χ1n) is 6.82. The van der Waals surface area contributed by atoms with Gasteiger partial charge in [-0.3, -0.25) is 4.79 Å². The van der Waals surface area contributed by atoms with E-state index in [1.54, 1.807) is 17.0 Å². The minimum absolute atomic E-state index is 0.0412. The van der Waals surface area contributed by atoms with Crippen molar-refractivity contribution >= 4 is 33.0 Å². The summed E-state index contributed by atoms with van der Waals surface area (Å²) >= 11 is 1.35. The zero-order chi connectivity index (χ0) is 14.4. The highest BCUT2D eigenvalue weighted by Gasteiger charge is 2.26. The third-order valence-electron chi connectivity index (χ3n) is 3.85. The molecule has 0 fully saturated rings. The average Bonchev–Trinajstić information content (AvgIpc) is 3.11.